The summed E-state index contributed by atoms with van der Waals surface area (Å²) in [7, 11) is 6.97. The summed E-state index contributed by atoms with van der Waals surface area (Å²) in [6.07, 6.45) is 5.61. The molecule has 1 N–H and O–H groups in total. The molecule has 4 rings (SSSR count). The Kier molecular flexibility index (Phi) is 5.82. The molecule has 2 heterocycles. The van der Waals surface area contributed by atoms with Gasteiger partial charge in [-0.1, -0.05) is 12.2 Å². The molecule has 1 aromatic heterocycles. The third-order valence-corrected chi connectivity index (χ3v) is 5.60. The summed E-state index contributed by atoms with van der Waals surface area (Å²) < 4.78 is 17.0. The fourth-order valence-electron chi connectivity index (χ4n) is 4.14. The van der Waals surface area contributed by atoms with E-state index in [9.17, 15) is 5.11 Å². The fourth-order valence-corrected chi connectivity index (χ4v) is 4.14. The molecule has 0 radical (unpaired) electrons. The average Bonchev–Trinajstić information content (AvgIpc) is 2.78. The highest BCUT2D eigenvalue weighted by molar-refractivity contribution is 6.16. The molecule has 2 aliphatic rings. The third-order valence-electron chi connectivity index (χ3n) is 5.60. The van der Waals surface area contributed by atoms with Gasteiger partial charge < -0.3 is 24.2 Å². The molecule has 164 valence electrons. The molecule has 1 aliphatic carbocycles. The topological polar surface area (TPSA) is 89.3 Å². The molecule has 0 amide bonds. The van der Waals surface area contributed by atoms with E-state index in [2.05, 4.69) is 9.97 Å². The van der Waals surface area contributed by atoms with Crippen LogP contribution in [0.15, 0.2) is 35.5 Å². The first kappa shape index (κ1) is 21.1. The maximum Gasteiger partial charge on any atom is 0.228 e. The van der Waals surface area contributed by atoms with E-state index in [0.717, 1.165) is 16.8 Å². The Labute approximate surface area is 182 Å². The lowest BCUT2D eigenvalue weighted by atomic mass is 9.77. The number of methoxy groups -OCH3 is 2. The highest BCUT2D eigenvalue weighted by atomic mass is 16.5. The quantitative estimate of drug-likeness (QED) is 0.713. The van der Waals surface area contributed by atoms with E-state index in [1.165, 1.54) is 0 Å². The minimum absolute atomic E-state index is 0.0387. The van der Waals surface area contributed by atoms with Crippen LogP contribution in [0.4, 0.5) is 5.95 Å². The maximum atomic E-state index is 10.3. The number of hydrogen-bond acceptors (Lipinski definition) is 8. The zero-order chi connectivity index (χ0) is 22.1. The smallest absolute Gasteiger partial charge is 0.228 e. The first-order valence-electron chi connectivity index (χ1n) is 10.3. The van der Waals surface area contributed by atoms with Gasteiger partial charge in [0.25, 0.3) is 0 Å². The molecule has 3 atom stereocenters. The minimum atomic E-state index is -0.499. The van der Waals surface area contributed by atoms with E-state index in [1.807, 2.05) is 50.2 Å². The molecule has 1 aromatic carbocycles. The van der Waals surface area contributed by atoms with Crippen LogP contribution < -0.4 is 19.1 Å². The first-order valence-corrected chi connectivity index (χ1v) is 10.3. The maximum absolute atomic E-state index is 10.3. The number of aliphatic hydroxyl groups excluding tert-OH is 1. The SMILES string of the molecule is CCOc1cc2c(cc1OC)C(c1cnc(N(C)C)nc1OC)=N[C@@H]1C=C[C@H](O)C[C@H]21. The van der Waals surface area contributed by atoms with Crippen molar-refractivity contribution in [3.8, 4) is 17.4 Å². The van der Waals surface area contributed by atoms with E-state index in [-0.39, 0.29) is 12.0 Å². The number of benzene rings is 1. The number of aliphatic imine (C=N–C) groups is 1. The summed E-state index contributed by atoms with van der Waals surface area (Å²) in [6.45, 7) is 2.47. The van der Waals surface area contributed by atoms with Crippen LogP contribution in [0, 0.1) is 0 Å². The predicted molar refractivity (Wildman–Crippen MR) is 119 cm³/mol. The van der Waals surface area contributed by atoms with Crippen molar-refractivity contribution in [1.82, 2.24) is 9.97 Å². The predicted octanol–water partition coefficient (Wildman–Crippen LogP) is 2.58. The zero-order valence-corrected chi connectivity index (χ0v) is 18.5. The summed E-state index contributed by atoms with van der Waals surface area (Å²) in [5.41, 5.74) is 3.41. The first-order chi connectivity index (χ1) is 15.0. The Morgan fingerprint density at radius 1 is 1.10 bits per heavy atom. The van der Waals surface area contributed by atoms with Gasteiger partial charge in [-0.3, -0.25) is 4.99 Å². The molecule has 1 aliphatic heterocycles. The Balaban J connectivity index is 1.93. The molecule has 0 saturated carbocycles. The van der Waals surface area contributed by atoms with E-state index in [4.69, 9.17) is 19.2 Å². The Morgan fingerprint density at radius 2 is 1.90 bits per heavy atom. The second-order valence-electron chi connectivity index (χ2n) is 7.77. The molecule has 8 heteroatoms. The number of hydrogen-bond donors (Lipinski definition) is 1. The van der Waals surface area contributed by atoms with Gasteiger partial charge in [0.05, 0.1) is 44.2 Å². The molecule has 2 aromatic rings. The molecule has 0 fully saturated rings. The Morgan fingerprint density at radius 3 is 2.58 bits per heavy atom. The van der Waals surface area contributed by atoms with Crippen molar-refractivity contribution in [2.45, 2.75) is 31.4 Å². The number of aliphatic hydroxyl groups is 1. The third kappa shape index (κ3) is 3.83. The Bertz CT molecular complexity index is 1030. The van der Waals surface area contributed by atoms with Gasteiger partial charge in [0.1, 0.15) is 0 Å². The van der Waals surface area contributed by atoms with Crippen LogP contribution in [0.3, 0.4) is 0 Å². The zero-order valence-electron chi connectivity index (χ0n) is 18.5. The van der Waals surface area contributed by atoms with E-state index in [0.29, 0.717) is 41.9 Å². The van der Waals surface area contributed by atoms with Crippen LogP contribution >= 0.6 is 0 Å². The monoisotopic (exact) mass is 424 g/mol. The second-order valence-corrected chi connectivity index (χ2v) is 7.77. The van der Waals surface area contributed by atoms with Crippen molar-refractivity contribution in [3.05, 3.63) is 47.2 Å². The standard InChI is InChI=1S/C23H28N4O4/c1-6-31-20-10-14-15-9-13(28)7-8-18(15)25-21(16(14)11-19(20)29-4)17-12-24-23(27(2)3)26-22(17)30-5/h7-8,10-13,15,18,28H,6,9H2,1-5H3/t13-,15+,18+/m0/s1. The molecular formula is C23H28N4O4. The highest BCUT2D eigenvalue weighted by Crippen LogP contribution is 2.44. The fraction of sp³-hybridized carbons (Fsp3) is 0.435. The molecule has 0 bridgehead atoms. The van der Waals surface area contributed by atoms with Gasteiger partial charge in [-0.2, -0.15) is 4.98 Å². The van der Waals surface area contributed by atoms with Gasteiger partial charge in [0.2, 0.25) is 11.8 Å². The lowest BCUT2D eigenvalue weighted by Gasteiger charge is -2.34. The molecule has 0 unspecified atom stereocenters. The molecule has 31 heavy (non-hydrogen) atoms. The number of ether oxygens (including phenoxy) is 3. The molecule has 0 saturated heterocycles. The number of nitrogens with zero attached hydrogens (tertiary/aromatic N) is 4. The van der Waals surface area contributed by atoms with E-state index < -0.39 is 6.10 Å². The average molecular weight is 425 g/mol. The number of aromatic nitrogens is 2. The van der Waals surface area contributed by atoms with Crippen molar-refractivity contribution < 1.29 is 19.3 Å². The van der Waals surface area contributed by atoms with E-state index >= 15 is 0 Å². The van der Waals surface area contributed by atoms with Gasteiger partial charge in [-0.15, -0.1) is 0 Å². The van der Waals surface area contributed by atoms with Crippen molar-refractivity contribution >= 4 is 11.7 Å². The van der Waals surface area contributed by atoms with Crippen LogP contribution in [0.1, 0.15) is 36.0 Å². The van der Waals surface area contributed by atoms with Crippen molar-refractivity contribution in [1.29, 1.82) is 0 Å². The van der Waals surface area contributed by atoms with Crippen LogP contribution in [-0.4, -0.2) is 67.9 Å². The number of rotatable bonds is 6. The van der Waals surface area contributed by atoms with Crippen molar-refractivity contribution in [2.75, 3.05) is 39.8 Å². The minimum Gasteiger partial charge on any atom is -0.493 e. The summed E-state index contributed by atoms with van der Waals surface area (Å²) in [5.74, 6) is 2.36. The summed E-state index contributed by atoms with van der Waals surface area (Å²) in [4.78, 5) is 15.9. The largest absolute Gasteiger partial charge is 0.493 e. The van der Waals surface area contributed by atoms with Crippen LogP contribution in [0.5, 0.6) is 17.4 Å². The highest BCUT2D eigenvalue weighted by Gasteiger charge is 2.36. The Hall–Kier alpha value is -3.13. The van der Waals surface area contributed by atoms with Crippen LogP contribution in [-0.2, 0) is 0 Å². The number of anilines is 1. The molecular weight excluding hydrogens is 396 g/mol. The summed E-state index contributed by atoms with van der Waals surface area (Å²) in [6, 6.07) is 3.85. The van der Waals surface area contributed by atoms with Crippen molar-refractivity contribution in [2.24, 2.45) is 4.99 Å². The van der Waals surface area contributed by atoms with Gasteiger partial charge in [-0.25, -0.2) is 4.98 Å². The second kappa shape index (κ2) is 8.55. The number of fused-ring (bicyclic) bond motifs is 3. The lowest BCUT2D eigenvalue weighted by molar-refractivity contribution is 0.190. The van der Waals surface area contributed by atoms with Gasteiger partial charge in [0, 0.05) is 31.8 Å². The van der Waals surface area contributed by atoms with E-state index in [1.54, 1.807) is 20.4 Å². The lowest BCUT2D eigenvalue weighted by Crippen LogP contribution is -2.31. The normalized spacial score (nSPS) is 21.6. The summed E-state index contributed by atoms with van der Waals surface area (Å²) in [5, 5.41) is 10.3. The van der Waals surface area contributed by atoms with Gasteiger partial charge >= 0.3 is 0 Å². The van der Waals surface area contributed by atoms with Gasteiger partial charge in [0.15, 0.2) is 11.5 Å². The molecule has 8 nitrogen and oxygen atoms in total. The van der Waals surface area contributed by atoms with Gasteiger partial charge in [-0.05, 0) is 31.0 Å². The molecule has 0 spiro atoms. The summed E-state index contributed by atoms with van der Waals surface area (Å²) >= 11 is 0. The van der Waals surface area contributed by atoms with Crippen LogP contribution in [0.25, 0.3) is 0 Å². The van der Waals surface area contributed by atoms with Crippen molar-refractivity contribution in [3.63, 3.8) is 0 Å². The van der Waals surface area contributed by atoms with Crippen LogP contribution in [0.2, 0.25) is 0 Å².